The van der Waals surface area contributed by atoms with Crippen LogP contribution in [0.15, 0.2) is 27.8 Å². The molecule has 0 aliphatic carbocycles. The van der Waals surface area contributed by atoms with E-state index in [1.165, 1.54) is 0 Å². The van der Waals surface area contributed by atoms with Crippen molar-refractivity contribution in [3.05, 3.63) is 24.2 Å². The molecule has 1 aromatic heterocycles. The number of nitrogens with zero attached hydrogens (tertiary/aromatic N) is 1. The highest BCUT2D eigenvalue weighted by molar-refractivity contribution is 5.79. The summed E-state index contributed by atoms with van der Waals surface area (Å²) >= 11 is 0. The number of methoxy groups -OCH3 is 1. The fourth-order valence-corrected chi connectivity index (χ4v) is 2.63. The van der Waals surface area contributed by atoms with Gasteiger partial charge in [0.15, 0.2) is 5.96 Å². The maximum Gasteiger partial charge on any atom is 0.191 e. The van der Waals surface area contributed by atoms with E-state index >= 15 is 0 Å². The van der Waals surface area contributed by atoms with Crippen LogP contribution >= 0.6 is 0 Å². The monoisotopic (exact) mass is 337 g/mol. The smallest absolute Gasteiger partial charge is 0.191 e. The van der Waals surface area contributed by atoms with Gasteiger partial charge in [0.1, 0.15) is 5.76 Å². The number of aliphatic imine (C=N–C) groups is 1. The van der Waals surface area contributed by atoms with E-state index in [1.54, 1.807) is 13.4 Å². The zero-order chi connectivity index (χ0) is 17.3. The molecule has 0 amide bonds. The quantitative estimate of drug-likeness (QED) is 0.562. The number of rotatable bonds is 8. The third-order valence-electron chi connectivity index (χ3n) is 4.28. The van der Waals surface area contributed by atoms with Gasteiger partial charge in [0.05, 0.1) is 18.4 Å². The molecular weight excluding hydrogens is 306 g/mol. The molecule has 1 saturated heterocycles. The number of hydrogen-bond donors (Lipinski definition) is 2. The van der Waals surface area contributed by atoms with Gasteiger partial charge in [-0.15, -0.1) is 0 Å². The van der Waals surface area contributed by atoms with Gasteiger partial charge < -0.3 is 24.5 Å². The Hall–Kier alpha value is -1.53. The lowest BCUT2D eigenvalue weighted by atomic mass is 9.94. The van der Waals surface area contributed by atoms with Crippen molar-refractivity contribution >= 4 is 5.96 Å². The van der Waals surface area contributed by atoms with Gasteiger partial charge in [-0.3, -0.25) is 4.99 Å². The van der Waals surface area contributed by atoms with Gasteiger partial charge in [0.2, 0.25) is 0 Å². The first-order valence-corrected chi connectivity index (χ1v) is 8.81. The van der Waals surface area contributed by atoms with E-state index in [-0.39, 0.29) is 5.60 Å². The van der Waals surface area contributed by atoms with E-state index in [1.807, 2.05) is 12.1 Å². The molecule has 1 aliphatic rings. The number of ether oxygens (including phenoxy) is 2. The Morgan fingerprint density at radius 2 is 2.12 bits per heavy atom. The standard InChI is InChI=1S/C18H31N3O3/c1-15(2)13-20-17(19-9-6-16-5-4-10-24-16)21-14-18(22-3)7-11-23-12-8-18/h4-5,10,15H,6-9,11-14H2,1-3H3,(H2,19,20,21). The molecule has 6 nitrogen and oxygen atoms in total. The van der Waals surface area contributed by atoms with Crippen LogP contribution in [-0.2, 0) is 15.9 Å². The van der Waals surface area contributed by atoms with Crippen LogP contribution in [0.2, 0.25) is 0 Å². The molecule has 1 aliphatic heterocycles. The summed E-state index contributed by atoms with van der Waals surface area (Å²) in [5.41, 5.74) is -0.203. The SMILES string of the molecule is COC1(CN=C(NCCc2ccco2)NCC(C)C)CCOCC1. The molecule has 0 aromatic carbocycles. The summed E-state index contributed by atoms with van der Waals surface area (Å²) in [6.45, 7) is 8.15. The summed E-state index contributed by atoms with van der Waals surface area (Å²) in [7, 11) is 1.77. The molecule has 2 rings (SSSR count). The van der Waals surface area contributed by atoms with E-state index in [2.05, 4.69) is 24.5 Å². The lowest BCUT2D eigenvalue weighted by molar-refractivity contribution is -0.0828. The lowest BCUT2D eigenvalue weighted by Gasteiger charge is -2.34. The number of furan rings is 1. The fraction of sp³-hybridized carbons (Fsp3) is 0.722. The lowest BCUT2D eigenvalue weighted by Crippen LogP contribution is -2.44. The van der Waals surface area contributed by atoms with Crippen LogP contribution < -0.4 is 10.6 Å². The van der Waals surface area contributed by atoms with Crippen molar-refractivity contribution in [3.8, 4) is 0 Å². The highest BCUT2D eigenvalue weighted by Gasteiger charge is 2.32. The van der Waals surface area contributed by atoms with Crippen molar-refractivity contribution in [2.24, 2.45) is 10.9 Å². The minimum Gasteiger partial charge on any atom is -0.469 e. The normalized spacial score (nSPS) is 17.9. The van der Waals surface area contributed by atoms with Crippen LogP contribution in [0.1, 0.15) is 32.4 Å². The maximum atomic E-state index is 5.76. The highest BCUT2D eigenvalue weighted by atomic mass is 16.5. The minimum atomic E-state index is -0.203. The van der Waals surface area contributed by atoms with Gasteiger partial charge in [0.25, 0.3) is 0 Å². The van der Waals surface area contributed by atoms with Crippen LogP contribution in [0.25, 0.3) is 0 Å². The summed E-state index contributed by atoms with van der Waals surface area (Å²) in [5, 5.41) is 6.79. The van der Waals surface area contributed by atoms with E-state index in [9.17, 15) is 0 Å². The molecule has 0 spiro atoms. The van der Waals surface area contributed by atoms with Crippen molar-refractivity contribution in [3.63, 3.8) is 0 Å². The molecule has 1 aromatic rings. The van der Waals surface area contributed by atoms with Crippen molar-refractivity contribution in [2.75, 3.05) is 40.0 Å². The van der Waals surface area contributed by atoms with Crippen molar-refractivity contribution in [1.29, 1.82) is 0 Å². The third-order valence-corrected chi connectivity index (χ3v) is 4.28. The second-order valence-corrected chi connectivity index (χ2v) is 6.70. The summed E-state index contributed by atoms with van der Waals surface area (Å²) in [4.78, 5) is 4.76. The molecule has 24 heavy (non-hydrogen) atoms. The van der Waals surface area contributed by atoms with Crippen LogP contribution in [-0.4, -0.2) is 51.5 Å². The van der Waals surface area contributed by atoms with Crippen LogP contribution in [0.3, 0.4) is 0 Å². The Morgan fingerprint density at radius 3 is 2.75 bits per heavy atom. The fourth-order valence-electron chi connectivity index (χ4n) is 2.63. The zero-order valence-corrected chi connectivity index (χ0v) is 15.1. The van der Waals surface area contributed by atoms with Gasteiger partial charge in [-0.25, -0.2) is 0 Å². The Balaban J connectivity index is 1.90. The van der Waals surface area contributed by atoms with Gasteiger partial charge in [-0.05, 0) is 18.1 Å². The predicted molar refractivity (Wildman–Crippen MR) is 95.4 cm³/mol. The maximum absolute atomic E-state index is 5.76. The van der Waals surface area contributed by atoms with E-state index in [4.69, 9.17) is 18.9 Å². The van der Waals surface area contributed by atoms with Gasteiger partial charge in [-0.2, -0.15) is 0 Å². The largest absolute Gasteiger partial charge is 0.469 e. The predicted octanol–water partition coefficient (Wildman–Crippen LogP) is 2.21. The van der Waals surface area contributed by atoms with E-state index in [0.717, 1.165) is 57.3 Å². The molecular formula is C18H31N3O3. The Kier molecular flexibility index (Phi) is 7.59. The van der Waals surface area contributed by atoms with Crippen molar-refractivity contribution in [1.82, 2.24) is 10.6 Å². The molecule has 0 atom stereocenters. The highest BCUT2D eigenvalue weighted by Crippen LogP contribution is 2.24. The first-order valence-electron chi connectivity index (χ1n) is 8.81. The van der Waals surface area contributed by atoms with Gasteiger partial charge in [0, 0.05) is 52.7 Å². The number of nitrogens with one attached hydrogen (secondary N) is 2. The second-order valence-electron chi connectivity index (χ2n) is 6.70. The molecule has 0 bridgehead atoms. The van der Waals surface area contributed by atoms with Crippen LogP contribution in [0.4, 0.5) is 0 Å². The molecule has 0 unspecified atom stereocenters. The van der Waals surface area contributed by atoms with Gasteiger partial charge in [-0.1, -0.05) is 13.8 Å². The van der Waals surface area contributed by atoms with Crippen LogP contribution in [0, 0.1) is 5.92 Å². The van der Waals surface area contributed by atoms with E-state index in [0.29, 0.717) is 12.5 Å². The third kappa shape index (κ3) is 6.17. The summed E-state index contributed by atoms with van der Waals surface area (Å²) < 4.78 is 16.6. The molecule has 2 N–H and O–H groups in total. The summed E-state index contributed by atoms with van der Waals surface area (Å²) in [6.07, 6.45) is 4.31. The molecule has 136 valence electrons. The molecule has 0 saturated carbocycles. The molecule has 6 heteroatoms. The van der Waals surface area contributed by atoms with Crippen molar-refractivity contribution < 1.29 is 13.9 Å². The van der Waals surface area contributed by atoms with E-state index < -0.39 is 0 Å². The van der Waals surface area contributed by atoms with Gasteiger partial charge >= 0.3 is 0 Å². The Morgan fingerprint density at radius 1 is 1.33 bits per heavy atom. The Bertz CT molecular complexity index is 480. The first kappa shape index (κ1) is 18.8. The number of hydrogen-bond acceptors (Lipinski definition) is 4. The van der Waals surface area contributed by atoms with Crippen molar-refractivity contribution in [2.45, 2.75) is 38.7 Å². The molecule has 1 fully saturated rings. The zero-order valence-electron chi connectivity index (χ0n) is 15.1. The summed E-state index contributed by atoms with van der Waals surface area (Å²) in [6, 6.07) is 3.90. The van der Waals surface area contributed by atoms with Crippen LogP contribution in [0.5, 0.6) is 0 Å². The summed E-state index contributed by atoms with van der Waals surface area (Å²) in [5.74, 6) is 2.36. The second kappa shape index (κ2) is 9.69. The average Bonchev–Trinajstić information content (AvgIpc) is 3.11. The molecule has 0 radical (unpaired) electrons. The molecule has 2 heterocycles. The topological polar surface area (TPSA) is 68.0 Å². The minimum absolute atomic E-state index is 0.203. The first-order chi connectivity index (χ1) is 11.6. The average molecular weight is 337 g/mol. The Labute approximate surface area is 145 Å². The number of guanidine groups is 1.